The van der Waals surface area contributed by atoms with E-state index in [1.807, 2.05) is 19.1 Å². The highest BCUT2D eigenvalue weighted by Crippen LogP contribution is 2.20. The number of pyridine rings is 1. The van der Waals surface area contributed by atoms with Gasteiger partial charge in [0.05, 0.1) is 6.07 Å². The Kier molecular flexibility index (Phi) is 2.92. The lowest BCUT2D eigenvalue weighted by molar-refractivity contribution is 0.388. The Morgan fingerprint density at radius 1 is 1.50 bits per heavy atom. The summed E-state index contributed by atoms with van der Waals surface area (Å²) in [7, 11) is 0. The van der Waals surface area contributed by atoms with E-state index in [-0.39, 0.29) is 6.42 Å². The molecule has 0 fully saturated rings. The Labute approximate surface area is 92.7 Å². The van der Waals surface area contributed by atoms with Crippen LogP contribution in [0.1, 0.15) is 18.4 Å². The fourth-order valence-electron chi connectivity index (χ4n) is 1.43. The van der Waals surface area contributed by atoms with Gasteiger partial charge in [0.1, 0.15) is 6.42 Å². The van der Waals surface area contributed by atoms with E-state index in [0.29, 0.717) is 11.7 Å². The number of nitrogens with zero attached hydrogens (tertiary/aromatic N) is 4. The molecule has 0 amide bonds. The van der Waals surface area contributed by atoms with Crippen LogP contribution >= 0.6 is 0 Å². The van der Waals surface area contributed by atoms with E-state index in [1.165, 1.54) is 0 Å². The van der Waals surface area contributed by atoms with Crippen LogP contribution in [0.25, 0.3) is 11.4 Å². The SMILES string of the molecule is CCc1cnccc1-c1noc(CC#N)n1. The number of rotatable bonds is 3. The van der Waals surface area contributed by atoms with Crippen LogP contribution < -0.4 is 0 Å². The van der Waals surface area contributed by atoms with Crippen LogP contribution in [0.5, 0.6) is 0 Å². The summed E-state index contributed by atoms with van der Waals surface area (Å²) in [6.45, 7) is 2.04. The molecule has 5 nitrogen and oxygen atoms in total. The zero-order valence-corrected chi connectivity index (χ0v) is 8.84. The van der Waals surface area contributed by atoms with Crippen LogP contribution in [0.2, 0.25) is 0 Å². The monoisotopic (exact) mass is 214 g/mol. The van der Waals surface area contributed by atoms with Crippen molar-refractivity contribution in [3.63, 3.8) is 0 Å². The fourth-order valence-corrected chi connectivity index (χ4v) is 1.43. The summed E-state index contributed by atoms with van der Waals surface area (Å²) in [5, 5.41) is 12.4. The summed E-state index contributed by atoms with van der Waals surface area (Å²) >= 11 is 0. The van der Waals surface area contributed by atoms with E-state index in [9.17, 15) is 0 Å². The second-order valence-corrected chi connectivity index (χ2v) is 3.23. The van der Waals surface area contributed by atoms with E-state index in [1.54, 1.807) is 12.4 Å². The van der Waals surface area contributed by atoms with Gasteiger partial charge in [-0.2, -0.15) is 10.2 Å². The molecule has 16 heavy (non-hydrogen) atoms. The topological polar surface area (TPSA) is 75.6 Å². The van der Waals surface area contributed by atoms with Gasteiger partial charge in [0, 0.05) is 18.0 Å². The van der Waals surface area contributed by atoms with Crippen molar-refractivity contribution in [1.29, 1.82) is 5.26 Å². The van der Waals surface area contributed by atoms with Crippen LogP contribution in [0.3, 0.4) is 0 Å². The molecule has 0 aliphatic carbocycles. The van der Waals surface area contributed by atoms with E-state index < -0.39 is 0 Å². The van der Waals surface area contributed by atoms with Crippen LogP contribution in [0.15, 0.2) is 23.0 Å². The van der Waals surface area contributed by atoms with E-state index in [0.717, 1.165) is 17.5 Å². The third-order valence-electron chi connectivity index (χ3n) is 2.22. The second kappa shape index (κ2) is 4.53. The first-order valence-electron chi connectivity index (χ1n) is 4.98. The summed E-state index contributed by atoms with van der Waals surface area (Å²) in [6, 6.07) is 3.82. The van der Waals surface area contributed by atoms with Crippen molar-refractivity contribution in [2.45, 2.75) is 19.8 Å². The Hall–Kier alpha value is -2.22. The normalized spacial score (nSPS) is 10.0. The van der Waals surface area contributed by atoms with E-state index >= 15 is 0 Å². The molecule has 0 N–H and O–H groups in total. The first kappa shape index (κ1) is 10.3. The molecule has 0 bridgehead atoms. The van der Waals surface area contributed by atoms with Gasteiger partial charge in [0.25, 0.3) is 0 Å². The average molecular weight is 214 g/mol. The lowest BCUT2D eigenvalue weighted by Gasteiger charge is -2.00. The first-order chi connectivity index (χ1) is 7.85. The molecule has 0 aliphatic rings. The van der Waals surface area contributed by atoms with E-state index in [4.69, 9.17) is 9.78 Å². The third-order valence-corrected chi connectivity index (χ3v) is 2.22. The second-order valence-electron chi connectivity index (χ2n) is 3.23. The molecule has 0 atom stereocenters. The minimum Gasteiger partial charge on any atom is -0.338 e. The van der Waals surface area contributed by atoms with Gasteiger partial charge in [-0.25, -0.2) is 0 Å². The van der Waals surface area contributed by atoms with Gasteiger partial charge in [0.2, 0.25) is 11.7 Å². The quantitative estimate of drug-likeness (QED) is 0.778. The lowest BCUT2D eigenvalue weighted by Crippen LogP contribution is -1.90. The van der Waals surface area contributed by atoms with Crippen molar-refractivity contribution in [3.05, 3.63) is 29.9 Å². The molecule has 0 unspecified atom stereocenters. The van der Waals surface area contributed by atoms with Crippen LogP contribution in [-0.2, 0) is 12.8 Å². The van der Waals surface area contributed by atoms with Crippen molar-refractivity contribution in [3.8, 4) is 17.5 Å². The molecule has 0 saturated heterocycles. The number of hydrogen-bond acceptors (Lipinski definition) is 5. The van der Waals surface area contributed by atoms with Gasteiger partial charge in [0.15, 0.2) is 0 Å². The highest BCUT2D eigenvalue weighted by atomic mass is 16.5. The maximum atomic E-state index is 8.51. The van der Waals surface area contributed by atoms with Gasteiger partial charge in [-0.3, -0.25) is 4.98 Å². The first-order valence-corrected chi connectivity index (χ1v) is 4.98. The summed E-state index contributed by atoms with van der Waals surface area (Å²) in [6.07, 6.45) is 4.47. The Morgan fingerprint density at radius 2 is 2.38 bits per heavy atom. The molecular formula is C11H10N4O. The molecule has 0 radical (unpaired) electrons. The minimum absolute atomic E-state index is 0.138. The van der Waals surface area contributed by atoms with Crippen molar-refractivity contribution in [2.24, 2.45) is 0 Å². The lowest BCUT2D eigenvalue weighted by atomic mass is 10.1. The van der Waals surface area contributed by atoms with Gasteiger partial charge < -0.3 is 4.52 Å². The standard InChI is InChI=1S/C11H10N4O/c1-2-8-7-13-6-4-9(8)11-14-10(3-5-12)16-15-11/h4,6-7H,2-3H2,1H3. The number of aryl methyl sites for hydroxylation is 1. The van der Waals surface area contributed by atoms with Gasteiger partial charge in [-0.1, -0.05) is 12.1 Å². The molecule has 2 rings (SSSR count). The van der Waals surface area contributed by atoms with Crippen molar-refractivity contribution >= 4 is 0 Å². The number of nitriles is 1. The largest absolute Gasteiger partial charge is 0.338 e. The Balaban J connectivity index is 2.39. The maximum absolute atomic E-state index is 8.51. The van der Waals surface area contributed by atoms with Crippen molar-refractivity contribution in [2.75, 3.05) is 0 Å². The smallest absolute Gasteiger partial charge is 0.241 e. The highest BCUT2D eigenvalue weighted by molar-refractivity contribution is 5.58. The van der Waals surface area contributed by atoms with Gasteiger partial charge in [-0.05, 0) is 18.1 Å². The predicted octanol–water partition coefficient (Wildman–Crippen LogP) is 1.76. The minimum atomic E-state index is 0.138. The highest BCUT2D eigenvalue weighted by Gasteiger charge is 2.11. The average Bonchev–Trinajstić information content (AvgIpc) is 2.78. The van der Waals surface area contributed by atoms with Crippen molar-refractivity contribution in [1.82, 2.24) is 15.1 Å². The molecule has 2 aromatic heterocycles. The molecule has 0 aromatic carbocycles. The molecule has 2 heterocycles. The van der Waals surface area contributed by atoms with Gasteiger partial charge >= 0.3 is 0 Å². The molecule has 0 saturated carbocycles. The Bertz CT molecular complexity index is 527. The summed E-state index contributed by atoms with van der Waals surface area (Å²) in [4.78, 5) is 8.20. The fraction of sp³-hybridized carbons (Fsp3) is 0.273. The van der Waals surface area contributed by atoms with E-state index in [2.05, 4.69) is 15.1 Å². The zero-order valence-electron chi connectivity index (χ0n) is 8.84. The molecule has 0 spiro atoms. The molecule has 2 aromatic rings. The summed E-state index contributed by atoms with van der Waals surface area (Å²) < 4.78 is 4.95. The van der Waals surface area contributed by atoms with Crippen molar-refractivity contribution < 1.29 is 4.52 Å². The number of hydrogen-bond donors (Lipinski definition) is 0. The predicted molar refractivity (Wildman–Crippen MR) is 56.2 cm³/mol. The Morgan fingerprint density at radius 3 is 3.12 bits per heavy atom. The zero-order chi connectivity index (χ0) is 11.4. The van der Waals surface area contributed by atoms with Gasteiger partial charge in [-0.15, -0.1) is 0 Å². The molecule has 0 aliphatic heterocycles. The molecule has 5 heteroatoms. The van der Waals surface area contributed by atoms with Crippen LogP contribution in [-0.4, -0.2) is 15.1 Å². The molecular weight excluding hydrogens is 204 g/mol. The summed E-state index contributed by atoms with van der Waals surface area (Å²) in [5.74, 6) is 0.862. The molecule has 80 valence electrons. The number of aromatic nitrogens is 3. The third kappa shape index (κ3) is 1.91. The van der Waals surface area contributed by atoms with Crippen LogP contribution in [0.4, 0.5) is 0 Å². The maximum Gasteiger partial charge on any atom is 0.241 e. The van der Waals surface area contributed by atoms with Crippen LogP contribution in [0, 0.1) is 11.3 Å². The summed E-state index contributed by atoms with van der Waals surface area (Å²) in [5.41, 5.74) is 1.97.